The molecular formula is C14H15N5O. The molecule has 0 atom stereocenters. The van der Waals surface area contributed by atoms with Gasteiger partial charge < -0.3 is 14.9 Å². The molecule has 102 valence electrons. The predicted octanol–water partition coefficient (Wildman–Crippen LogP) is 1.51. The molecule has 0 aliphatic carbocycles. The molecule has 6 nitrogen and oxygen atoms in total. The normalized spacial score (nSPS) is 10.7. The number of imidazole rings is 2. The zero-order valence-electron chi connectivity index (χ0n) is 11.1. The first-order valence-electron chi connectivity index (χ1n) is 6.30. The number of aryl methyl sites for hydroxylation is 1. The maximum atomic E-state index is 11.5. The van der Waals surface area contributed by atoms with E-state index in [-0.39, 0.29) is 5.69 Å². The Hall–Kier alpha value is -2.76. The monoisotopic (exact) mass is 269 g/mol. The van der Waals surface area contributed by atoms with E-state index in [1.165, 1.54) is 0 Å². The number of nitrogens with one attached hydrogen (secondary N) is 2. The number of anilines is 1. The lowest BCUT2D eigenvalue weighted by molar-refractivity contribution is 0.813. The Morgan fingerprint density at radius 3 is 2.65 bits per heavy atom. The van der Waals surface area contributed by atoms with Gasteiger partial charge in [-0.1, -0.05) is 0 Å². The van der Waals surface area contributed by atoms with Crippen LogP contribution in [-0.4, -0.2) is 19.1 Å². The summed E-state index contributed by atoms with van der Waals surface area (Å²) in [7, 11) is 1.96. The first kappa shape index (κ1) is 12.3. The third-order valence-electron chi connectivity index (χ3n) is 3.17. The maximum absolute atomic E-state index is 11.5. The van der Waals surface area contributed by atoms with Gasteiger partial charge in [-0.05, 0) is 24.3 Å². The lowest BCUT2D eigenvalue weighted by Gasteiger charge is -2.07. The average Bonchev–Trinajstić information content (AvgIpc) is 3.06. The van der Waals surface area contributed by atoms with Gasteiger partial charge in [-0.15, -0.1) is 0 Å². The highest BCUT2D eigenvalue weighted by molar-refractivity contribution is 5.48. The SMILES string of the molecule is Cn1ccnc1CNc1ccc(-n2cc[nH]c2=O)cc1. The van der Waals surface area contributed by atoms with E-state index in [0.717, 1.165) is 17.2 Å². The standard InChI is InChI=1S/C14H15N5O/c1-18-8-6-15-13(18)10-17-11-2-4-12(5-3-11)19-9-7-16-14(19)20/h2-9,17H,10H2,1H3,(H,16,20). The Kier molecular flexibility index (Phi) is 3.12. The quantitative estimate of drug-likeness (QED) is 0.754. The fourth-order valence-electron chi connectivity index (χ4n) is 2.01. The summed E-state index contributed by atoms with van der Waals surface area (Å²) in [4.78, 5) is 18.4. The van der Waals surface area contributed by atoms with E-state index in [4.69, 9.17) is 0 Å². The summed E-state index contributed by atoms with van der Waals surface area (Å²) in [6, 6.07) is 7.68. The van der Waals surface area contributed by atoms with Crippen LogP contribution >= 0.6 is 0 Å². The molecule has 2 heterocycles. The van der Waals surface area contributed by atoms with Crippen molar-refractivity contribution in [2.75, 3.05) is 5.32 Å². The summed E-state index contributed by atoms with van der Waals surface area (Å²) in [5.74, 6) is 0.968. The molecule has 0 bridgehead atoms. The Bertz CT molecular complexity index is 750. The number of hydrogen-bond donors (Lipinski definition) is 2. The summed E-state index contributed by atoms with van der Waals surface area (Å²) < 4.78 is 3.53. The van der Waals surface area contributed by atoms with Gasteiger partial charge in [0, 0.05) is 37.5 Å². The smallest absolute Gasteiger partial charge is 0.330 e. The number of aromatic amines is 1. The van der Waals surface area contributed by atoms with Crippen LogP contribution in [0.4, 0.5) is 5.69 Å². The van der Waals surface area contributed by atoms with Gasteiger partial charge in [-0.25, -0.2) is 9.78 Å². The van der Waals surface area contributed by atoms with E-state index < -0.39 is 0 Å². The first-order valence-corrected chi connectivity index (χ1v) is 6.30. The summed E-state index contributed by atoms with van der Waals surface area (Å²) in [6.07, 6.45) is 7.02. The van der Waals surface area contributed by atoms with Gasteiger partial charge in [0.05, 0.1) is 12.2 Å². The highest BCUT2D eigenvalue weighted by Crippen LogP contribution is 2.12. The van der Waals surface area contributed by atoms with Crippen molar-refractivity contribution in [2.24, 2.45) is 7.05 Å². The van der Waals surface area contributed by atoms with Gasteiger partial charge in [0.2, 0.25) is 0 Å². The van der Waals surface area contributed by atoms with Crippen LogP contribution in [0.15, 0.2) is 53.8 Å². The number of benzene rings is 1. The predicted molar refractivity (Wildman–Crippen MR) is 76.9 cm³/mol. The second-order valence-corrected chi connectivity index (χ2v) is 4.49. The molecule has 0 aliphatic heterocycles. The molecule has 0 aliphatic rings. The van der Waals surface area contributed by atoms with E-state index in [1.54, 1.807) is 23.2 Å². The molecule has 0 spiro atoms. The highest BCUT2D eigenvalue weighted by atomic mass is 16.1. The van der Waals surface area contributed by atoms with Crippen LogP contribution in [0.3, 0.4) is 0 Å². The molecule has 0 saturated carbocycles. The zero-order valence-corrected chi connectivity index (χ0v) is 11.1. The minimum atomic E-state index is -0.140. The van der Waals surface area contributed by atoms with Gasteiger partial charge in [-0.3, -0.25) is 4.57 Å². The van der Waals surface area contributed by atoms with Crippen molar-refractivity contribution in [3.05, 3.63) is 65.4 Å². The summed E-state index contributed by atoms with van der Waals surface area (Å²) >= 11 is 0. The largest absolute Gasteiger partial charge is 0.378 e. The molecule has 0 amide bonds. The lowest BCUT2D eigenvalue weighted by atomic mass is 10.2. The van der Waals surface area contributed by atoms with E-state index in [9.17, 15) is 4.79 Å². The lowest BCUT2D eigenvalue weighted by Crippen LogP contribution is -2.13. The van der Waals surface area contributed by atoms with Crippen molar-refractivity contribution in [3.8, 4) is 5.69 Å². The van der Waals surface area contributed by atoms with Crippen molar-refractivity contribution in [1.82, 2.24) is 19.1 Å². The molecule has 0 saturated heterocycles. The zero-order chi connectivity index (χ0) is 13.9. The van der Waals surface area contributed by atoms with Crippen LogP contribution in [0.1, 0.15) is 5.82 Å². The highest BCUT2D eigenvalue weighted by Gasteiger charge is 2.01. The Labute approximate surface area is 115 Å². The van der Waals surface area contributed by atoms with E-state index >= 15 is 0 Å². The van der Waals surface area contributed by atoms with Gasteiger partial charge in [0.15, 0.2) is 0 Å². The first-order chi connectivity index (χ1) is 9.74. The van der Waals surface area contributed by atoms with E-state index in [2.05, 4.69) is 15.3 Å². The molecule has 0 unspecified atom stereocenters. The van der Waals surface area contributed by atoms with Crippen molar-refractivity contribution in [1.29, 1.82) is 0 Å². The minimum Gasteiger partial charge on any atom is -0.378 e. The van der Waals surface area contributed by atoms with Crippen LogP contribution in [0.2, 0.25) is 0 Å². The van der Waals surface area contributed by atoms with Gasteiger partial charge in [0.1, 0.15) is 5.82 Å². The van der Waals surface area contributed by atoms with Crippen LogP contribution in [0, 0.1) is 0 Å². The van der Waals surface area contributed by atoms with E-state index in [1.807, 2.05) is 42.1 Å². The number of nitrogens with zero attached hydrogens (tertiary/aromatic N) is 3. The Balaban J connectivity index is 1.72. The third-order valence-corrected chi connectivity index (χ3v) is 3.17. The van der Waals surface area contributed by atoms with Gasteiger partial charge in [-0.2, -0.15) is 0 Å². The second kappa shape index (κ2) is 5.08. The van der Waals surface area contributed by atoms with Crippen molar-refractivity contribution >= 4 is 5.69 Å². The molecule has 2 aromatic heterocycles. The maximum Gasteiger partial charge on any atom is 0.330 e. The van der Waals surface area contributed by atoms with Crippen LogP contribution < -0.4 is 11.0 Å². The van der Waals surface area contributed by atoms with Crippen molar-refractivity contribution in [3.63, 3.8) is 0 Å². The van der Waals surface area contributed by atoms with E-state index in [0.29, 0.717) is 6.54 Å². The Morgan fingerprint density at radius 1 is 1.25 bits per heavy atom. The second-order valence-electron chi connectivity index (χ2n) is 4.49. The van der Waals surface area contributed by atoms with Crippen molar-refractivity contribution < 1.29 is 0 Å². The summed E-state index contributed by atoms with van der Waals surface area (Å²) in [5, 5.41) is 3.30. The third kappa shape index (κ3) is 2.35. The number of rotatable bonds is 4. The van der Waals surface area contributed by atoms with Gasteiger partial charge in [0.25, 0.3) is 0 Å². The minimum absolute atomic E-state index is 0.140. The molecule has 3 rings (SSSR count). The van der Waals surface area contributed by atoms with Crippen LogP contribution in [0.25, 0.3) is 5.69 Å². The topological polar surface area (TPSA) is 67.6 Å². The number of H-pyrrole nitrogens is 1. The van der Waals surface area contributed by atoms with Crippen LogP contribution in [0.5, 0.6) is 0 Å². The molecule has 6 heteroatoms. The fourth-order valence-corrected chi connectivity index (χ4v) is 2.01. The molecule has 0 radical (unpaired) electrons. The van der Waals surface area contributed by atoms with Crippen LogP contribution in [-0.2, 0) is 13.6 Å². The number of aromatic nitrogens is 4. The molecule has 3 aromatic rings. The van der Waals surface area contributed by atoms with Gasteiger partial charge >= 0.3 is 5.69 Å². The molecular weight excluding hydrogens is 254 g/mol. The Morgan fingerprint density at radius 2 is 2.05 bits per heavy atom. The number of hydrogen-bond acceptors (Lipinski definition) is 3. The molecule has 1 aromatic carbocycles. The molecule has 2 N–H and O–H groups in total. The summed E-state index contributed by atoms with van der Waals surface area (Å²) in [5.41, 5.74) is 1.68. The average molecular weight is 269 g/mol. The fraction of sp³-hybridized carbons (Fsp3) is 0.143. The van der Waals surface area contributed by atoms with Crippen molar-refractivity contribution in [2.45, 2.75) is 6.54 Å². The summed E-state index contributed by atoms with van der Waals surface area (Å²) in [6.45, 7) is 0.660. The molecule has 0 fully saturated rings. The molecule has 20 heavy (non-hydrogen) atoms.